The molecule has 1 aromatic heterocycles. The highest BCUT2D eigenvalue weighted by atomic mass is 79.9. The summed E-state index contributed by atoms with van der Waals surface area (Å²) < 4.78 is 5.19. The summed E-state index contributed by atoms with van der Waals surface area (Å²) >= 11 is 9.43. The van der Waals surface area contributed by atoms with Crippen LogP contribution in [0.15, 0.2) is 48.5 Å². The van der Waals surface area contributed by atoms with Gasteiger partial charge in [-0.15, -0.1) is 0 Å². The minimum atomic E-state index is -0.612. The first kappa shape index (κ1) is 16.2. The summed E-state index contributed by atoms with van der Waals surface area (Å²) in [5.41, 5.74) is 3.34. The summed E-state index contributed by atoms with van der Waals surface area (Å²) in [6.45, 7) is 0. The molecular weight excluding hydrogens is 378 g/mol. The Morgan fingerprint density at radius 1 is 1.17 bits per heavy atom. The van der Waals surface area contributed by atoms with E-state index in [9.17, 15) is 5.11 Å². The van der Waals surface area contributed by atoms with Crippen LogP contribution in [0.5, 0.6) is 5.75 Å². The van der Waals surface area contributed by atoms with Crippen molar-refractivity contribution in [2.45, 2.75) is 6.10 Å². The normalized spacial score (nSPS) is 12.3. The fourth-order valence-electron chi connectivity index (χ4n) is 2.50. The molecule has 5 heteroatoms. The summed E-state index contributed by atoms with van der Waals surface area (Å²) in [7, 11) is 1.63. The van der Waals surface area contributed by atoms with Crippen molar-refractivity contribution in [3.63, 3.8) is 0 Å². The number of alkyl halides is 1. The predicted octanol–water partition coefficient (Wildman–Crippen LogP) is 4.99. The van der Waals surface area contributed by atoms with Crippen molar-refractivity contribution in [2.75, 3.05) is 12.4 Å². The van der Waals surface area contributed by atoms with Crippen LogP contribution >= 0.6 is 27.5 Å². The van der Waals surface area contributed by atoms with Crippen molar-refractivity contribution < 1.29 is 9.84 Å². The van der Waals surface area contributed by atoms with E-state index < -0.39 is 6.10 Å². The lowest BCUT2D eigenvalue weighted by Gasteiger charge is -2.14. The molecule has 0 amide bonds. The summed E-state index contributed by atoms with van der Waals surface area (Å²) in [4.78, 5) is 4.69. The number of aliphatic hydroxyl groups is 1. The third-order valence-corrected chi connectivity index (χ3v) is 4.54. The Labute approximate surface area is 148 Å². The number of methoxy groups -OCH3 is 1. The Hall–Kier alpha value is -1.62. The van der Waals surface area contributed by atoms with Crippen LogP contribution in [-0.4, -0.2) is 22.5 Å². The molecule has 23 heavy (non-hydrogen) atoms. The molecule has 1 atom stereocenters. The van der Waals surface area contributed by atoms with Crippen LogP contribution < -0.4 is 4.74 Å². The maximum Gasteiger partial charge on any atom is 0.118 e. The van der Waals surface area contributed by atoms with Crippen LogP contribution in [-0.2, 0) is 0 Å². The minimum Gasteiger partial charge on any atom is -0.497 e. The number of benzene rings is 2. The van der Waals surface area contributed by atoms with Gasteiger partial charge in [0.1, 0.15) is 5.75 Å². The minimum absolute atomic E-state index is 0.455. The highest BCUT2D eigenvalue weighted by molar-refractivity contribution is 9.09. The van der Waals surface area contributed by atoms with Crippen molar-refractivity contribution in [3.05, 3.63) is 59.1 Å². The summed E-state index contributed by atoms with van der Waals surface area (Å²) in [6.07, 6.45) is -0.612. The van der Waals surface area contributed by atoms with Gasteiger partial charge in [0.15, 0.2) is 0 Å². The molecule has 0 aliphatic heterocycles. The number of aromatic nitrogens is 1. The van der Waals surface area contributed by atoms with E-state index in [1.807, 2.05) is 48.5 Å². The van der Waals surface area contributed by atoms with Crippen LogP contribution in [0, 0.1) is 0 Å². The molecule has 3 aromatic rings. The number of nitrogens with zero attached hydrogens (tertiary/aromatic N) is 1. The number of aliphatic hydroxyl groups excluding tert-OH is 1. The van der Waals surface area contributed by atoms with Gasteiger partial charge in [-0.05, 0) is 48.0 Å². The zero-order valence-corrected chi connectivity index (χ0v) is 14.8. The van der Waals surface area contributed by atoms with Crippen molar-refractivity contribution in [2.24, 2.45) is 0 Å². The lowest BCUT2D eigenvalue weighted by atomic mass is 10.0. The van der Waals surface area contributed by atoms with E-state index in [2.05, 4.69) is 20.9 Å². The Morgan fingerprint density at radius 2 is 1.91 bits per heavy atom. The monoisotopic (exact) mass is 391 g/mol. The van der Waals surface area contributed by atoms with Crippen LogP contribution in [0.2, 0.25) is 5.02 Å². The van der Waals surface area contributed by atoms with Gasteiger partial charge in [-0.25, -0.2) is 4.98 Å². The lowest BCUT2D eigenvalue weighted by Crippen LogP contribution is -2.01. The number of halogens is 2. The molecule has 0 fully saturated rings. The van der Waals surface area contributed by atoms with E-state index in [1.54, 1.807) is 7.11 Å². The Bertz CT molecular complexity index is 836. The first-order valence-electron chi connectivity index (χ1n) is 7.11. The molecule has 0 unspecified atom stereocenters. The smallest absolute Gasteiger partial charge is 0.118 e. The molecular formula is C18H15BrClNO2. The van der Waals surface area contributed by atoms with Gasteiger partial charge in [0, 0.05) is 21.3 Å². The fraction of sp³-hybridized carbons (Fsp3) is 0.167. The molecule has 0 bridgehead atoms. The molecule has 2 aromatic carbocycles. The number of fused-ring (bicyclic) bond motifs is 1. The van der Waals surface area contributed by atoms with Crippen molar-refractivity contribution in [1.29, 1.82) is 0 Å². The average molecular weight is 393 g/mol. The first-order valence-corrected chi connectivity index (χ1v) is 8.61. The van der Waals surface area contributed by atoms with Crippen molar-refractivity contribution >= 4 is 38.4 Å². The van der Waals surface area contributed by atoms with E-state index in [-0.39, 0.29) is 0 Å². The Kier molecular flexibility index (Phi) is 4.85. The molecule has 0 saturated carbocycles. The maximum atomic E-state index is 10.3. The van der Waals surface area contributed by atoms with Crippen LogP contribution in [0.25, 0.3) is 22.2 Å². The number of ether oxygens (including phenoxy) is 1. The van der Waals surface area contributed by atoms with Gasteiger partial charge in [-0.3, -0.25) is 0 Å². The van der Waals surface area contributed by atoms with E-state index in [0.29, 0.717) is 10.4 Å². The Balaban J connectivity index is 2.20. The van der Waals surface area contributed by atoms with Gasteiger partial charge in [-0.2, -0.15) is 0 Å². The predicted molar refractivity (Wildman–Crippen MR) is 97.5 cm³/mol. The summed E-state index contributed by atoms with van der Waals surface area (Å²) in [5.74, 6) is 0.790. The van der Waals surface area contributed by atoms with Crippen molar-refractivity contribution in [1.82, 2.24) is 4.98 Å². The molecule has 0 saturated heterocycles. The third kappa shape index (κ3) is 3.34. The summed E-state index contributed by atoms with van der Waals surface area (Å²) in [6, 6.07) is 15.1. The maximum absolute atomic E-state index is 10.3. The number of rotatable bonds is 4. The molecule has 0 aliphatic carbocycles. The van der Waals surface area contributed by atoms with E-state index >= 15 is 0 Å². The second kappa shape index (κ2) is 6.87. The number of pyridine rings is 1. The Morgan fingerprint density at radius 3 is 2.57 bits per heavy atom. The number of hydrogen-bond donors (Lipinski definition) is 1. The van der Waals surface area contributed by atoms with E-state index in [4.69, 9.17) is 16.3 Å². The second-order valence-corrected chi connectivity index (χ2v) is 6.24. The summed E-state index contributed by atoms with van der Waals surface area (Å²) in [5, 5.41) is 12.3. The van der Waals surface area contributed by atoms with Gasteiger partial charge in [0.05, 0.1) is 24.4 Å². The molecule has 3 rings (SSSR count). The van der Waals surface area contributed by atoms with Gasteiger partial charge < -0.3 is 9.84 Å². The third-order valence-electron chi connectivity index (χ3n) is 3.69. The zero-order valence-electron chi connectivity index (χ0n) is 12.5. The highest BCUT2D eigenvalue weighted by Crippen LogP contribution is 2.31. The van der Waals surface area contributed by atoms with E-state index in [1.165, 1.54) is 0 Å². The standard InChI is InChI=1S/C18H15BrClNO2/c1-23-13-5-2-11(3-6-13)16-9-15(18(22)10-19)14-7-4-12(20)8-17(14)21-16/h2-9,18,22H,10H2,1H3/t18-/m1/s1. The van der Waals surface area contributed by atoms with Gasteiger partial charge >= 0.3 is 0 Å². The zero-order chi connectivity index (χ0) is 16.4. The molecule has 3 nitrogen and oxygen atoms in total. The SMILES string of the molecule is COc1ccc(-c2cc([C@H](O)CBr)c3ccc(Cl)cc3n2)cc1. The largest absolute Gasteiger partial charge is 0.497 e. The topological polar surface area (TPSA) is 42.4 Å². The lowest BCUT2D eigenvalue weighted by molar-refractivity contribution is 0.207. The molecule has 1 N–H and O–H groups in total. The molecule has 118 valence electrons. The highest BCUT2D eigenvalue weighted by Gasteiger charge is 2.14. The average Bonchev–Trinajstić information content (AvgIpc) is 2.59. The van der Waals surface area contributed by atoms with Crippen molar-refractivity contribution in [3.8, 4) is 17.0 Å². The molecule has 1 heterocycles. The fourth-order valence-corrected chi connectivity index (χ4v) is 3.01. The van der Waals surface area contributed by atoms with Crippen LogP contribution in [0.3, 0.4) is 0 Å². The molecule has 0 radical (unpaired) electrons. The van der Waals surface area contributed by atoms with Gasteiger partial charge in [0.2, 0.25) is 0 Å². The van der Waals surface area contributed by atoms with E-state index in [0.717, 1.165) is 33.5 Å². The van der Waals surface area contributed by atoms with Crippen LogP contribution in [0.1, 0.15) is 11.7 Å². The number of hydrogen-bond acceptors (Lipinski definition) is 3. The van der Waals surface area contributed by atoms with Gasteiger partial charge in [-0.1, -0.05) is 33.6 Å². The second-order valence-electron chi connectivity index (χ2n) is 5.16. The molecule has 0 spiro atoms. The molecule has 0 aliphatic rings. The first-order chi connectivity index (χ1) is 11.1. The van der Waals surface area contributed by atoms with Gasteiger partial charge in [0.25, 0.3) is 0 Å². The van der Waals surface area contributed by atoms with Crippen LogP contribution in [0.4, 0.5) is 0 Å². The quantitative estimate of drug-likeness (QED) is 0.636.